The lowest BCUT2D eigenvalue weighted by atomic mass is 10.1. The average Bonchev–Trinajstić information content (AvgIpc) is 2.16. The molecule has 1 aromatic heterocycles. The van der Waals surface area contributed by atoms with Gasteiger partial charge in [-0.15, -0.1) is 0 Å². The van der Waals surface area contributed by atoms with Gasteiger partial charge >= 0.3 is 5.97 Å². The number of methoxy groups -OCH3 is 1. The van der Waals surface area contributed by atoms with E-state index in [-0.39, 0.29) is 10.9 Å². The van der Waals surface area contributed by atoms with Crippen molar-refractivity contribution in [3.8, 4) is 5.88 Å². The maximum atomic E-state index is 10.5. The molecule has 0 saturated heterocycles. The van der Waals surface area contributed by atoms with Crippen molar-refractivity contribution >= 4 is 17.6 Å². The first-order valence-electron chi connectivity index (χ1n) is 3.74. The fraction of sp³-hybridized carbons (Fsp3) is 0.250. The van der Waals surface area contributed by atoms with E-state index in [2.05, 4.69) is 4.98 Å². The zero-order chi connectivity index (χ0) is 10.7. The van der Waals surface area contributed by atoms with Crippen molar-refractivity contribution in [2.75, 3.05) is 7.11 Å². The van der Waals surface area contributed by atoms with E-state index in [1.807, 2.05) is 0 Å². The molecule has 1 aromatic rings. The molecule has 0 radical (unpaired) electrons. The predicted molar refractivity (Wildman–Crippen MR) is 50.4 cm³/mol. The standard InChI is InChI=1S/C8H9ClN2O3/c1-14-7-5(9)2-4(3-11-7)6(10)8(12)13/h2-3,6H,10H2,1H3,(H,12,13)/t6-/m1/s1. The lowest BCUT2D eigenvalue weighted by Crippen LogP contribution is -2.20. The lowest BCUT2D eigenvalue weighted by molar-refractivity contribution is -0.138. The van der Waals surface area contributed by atoms with E-state index in [0.717, 1.165) is 0 Å². The van der Waals surface area contributed by atoms with Crippen LogP contribution in [0.3, 0.4) is 0 Å². The highest BCUT2D eigenvalue weighted by molar-refractivity contribution is 6.31. The van der Waals surface area contributed by atoms with Gasteiger partial charge in [-0.1, -0.05) is 11.6 Å². The molecule has 5 nitrogen and oxygen atoms in total. The van der Waals surface area contributed by atoms with Gasteiger partial charge in [0.05, 0.1) is 7.11 Å². The maximum absolute atomic E-state index is 10.5. The van der Waals surface area contributed by atoms with Crippen LogP contribution in [0.4, 0.5) is 0 Å². The second kappa shape index (κ2) is 4.26. The topological polar surface area (TPSA) is 85.4 Å². The van der Waals surface area contributed by atoms with Gasteiger partial charge in [-0.2, -0.15) is 0 Å². The molecule has 76 valence electrons. The van der Waals surface area contributed by atoms with Crippen LogP contribution < -0.4 is 10.5 Å². The fourth-order valence-corrected chi connectivity index (χ4v) is 1.15. The number of hydrogen-bond donors (Lipinski definition) is 2. The highest BCUT2D eigenvalue weighted by atomic mass is 35.5. The molecule has 0 fully saturated rings. The molecule has 0 amide bonds. The van der Waals surface area contributed by atoms with Gasteiger partial charge in [-0.3, -0.25) is 4.79 Å². The van der Waals surface area contributed by atoms with Gasteiger partial charge in [-0.05, 0) is 6.07 Å². The number of aromatic nitrogens is 1. The molecule has 14 heavy (non-hydrogen) atoms. The average molecular weight is 217 g/mol. The van der Waals surface area contributed by atoms with Crippen LogP contribution in [0.2, 0.25) is 5.02 Å². The van der Waals surface area contributed by atoms with Gasteiger partial charge in [0.1, 0.15) is 11.1 Å². The Hall–Kier alpha value is -1.33. The number of nitrogens with two attached hydrogens (primary N) is 1. The zero-order valence-corrected chi connectivity index (χ0v) is 8.15. The van der Waals surface area contributed by atoms with Crippen LogP contribution in [0.15, 0.2) is 12.3 Å². The molecule has 0 unspecified atom stereocenters. The zero-order valence-electron chi connectivity index (χ0n) is 7.40. The molecule has 0 spiro atoms. The van der Waals surface area contributed by atoms with Gasteiger partial charge in [0.25, 0.3) is 0 Å². The van der Waals surface area contributed by atoms with Gasteiger partial charge < -0.3 is 15.6 Å². The van der Waals surface area contributed by atoms with E-state index < -0.39 is 12.0 Å². The quantitative estimate of drug-likeness (QED) is 0.782. The molecule has 0 aliphatic heterocycles. The Balaban J connectivity index is 3.02. The second-order valence-corrected chi connectivity index (χ2v) is 2.98. The molecule has 0 saturated carbocycles. The number of halogens is 1. The molecular weight excluding hydrogens is 208 g/mol. The molecule has 1 atom stereocenters. The Bertz CT molecular complexity index is 356. The third-order valence-electron chi connectivity index (χ3n) is 1.65. The minimum atomic E-state index is -1.13. The molecule has 1 heterocycles. The summed E-state index contributed by atoms with van der Waals surface area (Å²) in [5.41, 5.74) is 5.70. The van der Waals surface area contributed by atoms with E-state index in [4.69, 9.17) is 27.2 Å². The fourth-order valence-electron chi connectivity index (χ4n) is 0.903. The summed E-state index contributed by atoms with van der Waals surface area (Å²) >= 11 is 5.74. The first kappa shape index (κ1) is 10.7. The first-order chi connectivity index (χ1) is 6.56. The first-order valence-corrected chi connectivity index (χ1v) is 4.12. The van der Waals surface area contributed by atoms with Crippen molar-refractivity contribution < 1.29 is 14.6 Å². The van der Waals surface area contributed by atoms with Crippen molar-refractivity contribution in [2.45, 2.75) is 6.04 Å². The normalized spacial score (nSPS) is 12.2. The summed E-state index contributed by atoms with van der Waals surface area (Å²) in [6, 6.07) is 0.303. The number of aliphatic carboxylic acids is 1. The van der Waals surface area contributed by atoms with Gasteiger partial charge in [0, 0.05) is 11.8 Å². The number of hydrogen-bond acceptors (Lipinski definition) is 4. The number of carboxylic acid groups (broad SMARTS) is 1. The molecule has 0 aliphatic carbocycles. The maximum Gasteiger partial charge on any atom is 0.325 e. The van der Waals surface area contributed by atoms with E-state index in [1.165, 1.54) is 19.4 Å². The molecular formula is C8H9ClN2O3. The number of ether oxygens (including phenoxy) is 1. The third kappa shape index (κ3) is 2.12. The van der Waals surface area contributed by atoms with Crippen LogP contribution >= 0.6 is 11.6 Å². The summed E-state index contributed by atoms with van der Waals surface area (Å²) in [5.74, 6) is -0.888. The predicted octanol–water partition coefficient (Wildman–Crippen LogP) is 0.828. The summed E-state index contributed by atoms with van der Waals surface area (Å²) < 4.78 is 4.81. The number of nitrogens with zero attached hydrogens (tertiary/aromatic N) is 1. The Kier molecular flexibility index (Phi) is 3.27. The highest BCUT2D eigenvalue weighted by Crippen LogP contribution is 2.24. The van der Waals surface area contributed by atoms with E-state index >= 15 is 0 Å². The van der Waals surface area contributed by atoms with E-state index in [9.17, 15) is 4.79 Å². The van der Waals surface area contributed by atoms with E-state index in [1.54, 1.807) is 0 Å². The number of carboxylic acids is 1. The summed E-state index contributed by atoms with van der Waals surface area (Å²) in [6.07, 6.45) is 1.32. The minimum absolute atomic E-state index is 0.238. The lowest BCUT2D eigenvalue weighted by Gasteiger charge is -2.08. The van der Waals surface area contributed by atoms with Crippen LogP contribution in [0.25, 0.3) is 0 Å². The molecule has 0 bridgehead atoms. The largest absolute Gasteiger partial charge is 0.480 e. The van der Waals surface area contributed by atoms with Crippen molar-refractivity contribution in [2.24, 2.45) is 5.73 Å². The molecule has 1 rings (SSSR count). The van der Waals surface area contributed by atoms with Crippen LogP contribution in [0.5, 0.6) is 5.88 Å². The van der Waals surface area contributed by atoms with Crippen LogP contribution in [0.1, 0.15) is 11.6 Å². The number of carbonyl (C=O) groups is 1. The van der Waals surface area contributed by atoms with Crippen LogP contribution in [-0.4, -0.2) is 23.2 Å². The summed E-state index contributed by atoms with van der Waals surface area (Å²) in [4.78, 5) is 14.3. The van der Waals surface area contributed by atoms with Crippen molar-refractivity contribution in [3.63, 3.8) is 0 Å². The van der Waals surface area contributed by atoms with Crippen LogP contribution in [0, 0.1) is 0 Å². The highest BCUT2D eigenvalue weighted by Gasteiger charge is 2.16. The van der Waals surface area contributed by atoms with Crippen LogP contribution in [-0.2, 0) is 4.79 Å². The summed E-state index contributed by atoms with van der Waals surface area (Å²) in [5, 5.41) is 8.86. The summed E-state index contributed by atoms with van der Waals surface area (Å²) in [6.45, 7) is 0. The Morgan fingerprint density at radius 1 is 1.79 bits per heavy atom. The molecule has 0 aliphatic rings. The smallest absolute Gasteiger partial charge is 0.325 e. The van der Waals surface area contributed by atoms with Gasteiger partial charge in [0.2, 0.25) is 5.88 Å². The van der Waals surface area contributed by atoms with Gasteiger partial charge in [0.15, 0.2) is 0 Å². The molecule has 0 aromatic carbocycles. The van der Waals surface area contributed by atoms with Crippen molar-refractivity contribution in [1.29, 1.82) is 0 Å². The molecule has 3 N–H and O–H groups in total. The third-order valence-corrected chi connectivity index (χ3v) is 1.92. The number of rotatable bonds is 3. The van der Waals surface area contributed by atoms with Crippen molar-refractivity contribution in [3.05, 3.63) is 22.8 Å². The summed E-state index contributed by atoms with van der Waals surface area (Å²) in [7, 11) is 1.42. The Labute approximate surface area is 85.5 Å². The Morgan fingerprint density at radius 3 is 2.86 bits per heavy atom. The van der Waals surface area contributed by atoms with E-state index in [0.29, 0.717) is 5.56 Å². The molecule has 6 heteroatoms. The minimum Gasteiger partial charge on any atom is -0.480 e. The second-order valence-electron chi connectivity index (χ2n) is 2.58. The SMILES string of the molecule is COc1ncc([C@@H](N)C(=O)O)cc1Cl. The Morgan fingerprint density at radius 2 is 2.43 bits per heavy atom. The monoisotopic (exact) mass is 216 g/mol. The van der Waals surface area contributed by atoms with Crippen molar-refractivity contribution in [1.82, 2.24) is 4.98 Å². The number of pyridine rings is 1. The van der Waals surface area contributed by atoms with Gasteiger partial charge in [-0.25, -0.2) is 4.98 Å².